The molecule has 0 bridgehead atoms. The van der Waals surface area contributed by atoms with Gasteiger partial charge in [-0.15, -0.1) is 11.3 Å². The third-order valence-electron chi connectivity index (χ3n) is 4.75. The molecule has 2 aromatic heterocycles. The van der Waals surface area contributed by atoms with Crippen LogP contribution in [-0.2, 0) is 6.18 Å². The van der Waals surface area contributed by atoms with E-state index in [9.17, 15) is 13.2 Å². The van der Waals surface area contributed by atoms with Crippen LogP contribution in [0, 0.1) is 13.8 Å². The number of hydrogen-bond donors (Lipinski definition) is 1. The van der Waals surface area contributed by atoms with Gasteiger partial charge in [-0.05, 0) is 56.7 Å². The molecule has 0 aliphatic rings. The van der Waals surface area contributed by atoms with Gasteiger partial charge in [-0.1, -0.05) is 18.2 Å². The Kier molecular flexibility index (Phi) is 5.58. The van der Waals surface area contributed by atoms with Crippen molar-refractivity contribution in [2.75, 3.05) is 11.9 Å². The maximum Gasteiger partial charge on any atom is 0.416 e. The summed E-state index contributed by atoms with van der Waals surface area (Å²) in [7, 11) is 0. The number of anilines is 2. The summed E-state index contributed by atoms with van der Waals surface area (Å²) >= 11 is 1.53. The molecular formula is C23H20F3N3OS. The van der Waals surface area contributed by atoms with E-state index in [1.807, 2.05) is 38.1 Å². The molecule has 0 saturated heterocycles. The Morgan fingerprint density at radius 2 is 1.77 bits per heavy atom. The first-order valence-electron chi connectivity index (χ1n) is 9.71. The molecule has 0 saturated carbocycles. The van der Waals surface area contributed by atoms with Gasteiger partial charge in [0.15, 0.2) is 0 Å². The molecule has 0 unspecified atom stereocenters. The fourth-order valence-electron chi connectivity index (χ4n) is 3.45. The summed E-state index contributed by atoms with van der Waals surface area (Å²) in [4.78, 5) is 10.9. The van der Waals surface area contributed by atoms with Crippen LogP contribution >= 0.6 is 11.3 Å². The molecule has 0 atom stereocenters. The molecule has 2 heterocycles. The van der Waals surface area contributed by atoms with Crippen molar-refractivity contribution < 1.29 is 17.9 Å². The Balaban J connectivity index is 1.83. The smallest absolute Gasteiger partial charge is 0.416 e. The Morgan fingerprint density at radius 1 is 1.03 bits per heavy atom. The highest BCUT2D eigenvalue weighted by Gasteiger charge is 2.30. The third kappa shape index (κ3) is 4.34. The van der Waals surface area contributed by atoms with Crippen LogP contribution < -0.4 is 10.1 Å². The number of fused-ring (bicyclic) bond motifs is 1. The average Bonchev–Trinajstić information content (AvgIpc) is 3.04. The summed E-state index contributed by atoms with van der Waals surface area (Å²) in [6.07, 6.45) is -4.42. The number of halogens is 3. The van der Waals surface area contributed by atoms with Gasteiger partial charge in [0.1, 0.15) is 22.2 Å². The van der Waals surface area contributed by atoms with Crippen LogP contribution in [0.25, 0.3) is 21.3 Å². The number of alkyl halides is 3. The average molecular weight is 443 g/mol. The van der Waals surface area contributed by atoms with Gasteiger partial charge in [-0.2, -0.15) is 13.2 Å². The lowest BCUT2D eigenvalue weighted by Crippen LogP contribution is -2.05. The van der Waals surface area contributed by atoms with Crippen molar-refractivity contribution in [2.24, 2.45) is 0 Å². The first kappa shape index (κ1) is 21.1. The maximum absolute atomic E-state index is 13.1. The molecule has 4 aromatic rings. The summed E-state index contributed by atoms with van der Waals surface area (Å²) in [5, 5.41) is 3.87. The minimum absolute atomic E-state index is 0.315. The monoisotopic (exact) mass is 443 g/mol. The lowest BCUT2D eigenvalue weighted by atomic mass is 10.0. The molecule has 2 aromatic carbocycles. The van der Waals surface area contributed by atoms with Crippen molar-refractivity contribution >= 4 is 33.1 Å². The third-order valence-corrected chi connectivity index (χ3v) is 5.75. The largest absolute Gasteiger partial charge is 0.494 e. The summed E-state index contributed by atoms with van der Waals surface area (Å²) in [5.41, 5.74) is 1.52. The molecule has 4 nitrogen and oxygen atoms in total. The summed E-state index contributed by atoms with van der Waals surface area (Å²) < 4.78 is 44.9. The van der Waals surface area contributed by atoms with Crippen molar-refractivity contribution in [2.45, 2.75) is 26.9 Å². The zero-order valence-corrected chi connectivity index (χ0v) is 18.0. The van der Waals surface area contributed by atoms with E-state index in [0.29, 0.717) is 23.9 Å². The maximum atomic E-state index is 13.1. The van der Waals surface area contributed by atoms with Crippen LogP contribution in [-0.4, -0.2) is 16.6 Å². The van der Waals surface area contributed by atoms with Crippen LogP contribution in [0.5, 0.6) is 5.75 Å². The van der Waals surface area contributed by atoms with E-state index in [4.69, 9.17) is 4.74 Å². The first-order chi connectivity index (χ1) is 14.8. The van der Waals surface area contributed by atoms with Gasteiger partial charge >= 0.3 is 6.18 Å². The molecule has 31 heavy (non-hydrogen) atoms. The molecule has 1 N–H and O–H groups in total. The van der Waals surface area contributed by atoms with Crippen molar-refractivity contribution in [3.05, 3.63) is 64.8 Å². The van der Waals surface area contributed by atoms with E-state index in [-0.39, 0.29) is 0 Å². The highest BCUT2D eigenvalue weighted by molar-refractivity contribution is 7.19. The van der Waals surface area contributed by atoms with E-state index >= 15 is 0 Å². The zero-order valence-electron chi connectivity index (χ0n) is 17.2. The zero-order chi connectivity index (χ0) is 22.2. The minimum atomic E-state index is -4.42. The molecule has 0 fully saturated rings. The summed E-state index contributed by atoms with van der Waals surface area (Å²) in [6.45, 7) is 6.28. The normalized spacial score (nSPS) is 11.7. The van der Waals surface area contributed by atoms with Crippen molar-refractivity contribution in [3.63, 3.8) is 0 Å². The molecule has 0 amide bonds. The van der Waals surface area contributed by atoms with E-state index in [1.54, 1.807) is 13.0 Å². The van der Waals surface area contributed by atoms with Gasteiger partial charge in [0.25, 0.3) is 0 Å². The van der Waals surface area contributed by atoms with E-state index in [0.717, 1.165) is 44.1 Å². The number of thiophene rings is 1. The number of aryl methyl sites for hydroxylation is 2. The van der Waals surface area contributed by atoms with Crippen molar-refractivity contribution in [3.8, 4) is 16.9 Å². The standard InChI is InChI=1S/C23H20F3N3OS/c1-4-30-18-10-8-15(9-11-18)19-13(2)31-22-20(19)21(27-14(3)28-22)29-17-7-5-6-16(12-17)23(24,25)26/h5-12H,4H2,1-3H3,(H,27,28,29). The Labute approximate surface area is 181 Å². The van der Waals surface area contributed by atoms with Gasteiger partial charge in [-0.25, -0.2) is 9.97 Å². The van der Waals surface area contributed by atoms with E-state index in [2.05, 4.69) is 15.3 Å². The number of aromatic nitrogens is 2. The fourth-order valence-corrected chi connectivity index (χ4v) is 4.54. The molecular weight excluding hydrogens is 423 g/mol. The molecule has 0 radical (unpaired) electrons. The quantitative estimate of drug-likeness (QED) is 0.356. The number of rotatable bonds is 5. The van der Waals surface area contributed by atoms with Gasteiger partial charge < -0.3 is 10.1 Å². The van der Waals surface area contributed by atoms with Gasteiger partial charge in [0.05, 0.1) is 17.6 Å². The molecule has 0 spiro atoms. The first-order valence-corrected chi connectivity index (χ1v) is 10.5. The Hall–Kier alpha value is -3.13. The second-order valence-corrected chi connectivity index (χ2v) is 8.20. The molecule has 8 heteroatoms. The number of ether oxygens (including phenoxy) is 1. The minimum Gasteiger partial charge on any atom is -0.494 e. The molecule has 4 rings (SSSR count). The number of hydrogen-bond acceptors (Lipinski definition) is 5. The van der Waals surface area contributed by atoms with Crippen LogP contribution in [0.1, 0.15) is 23.2 Å². The second kappa shape index (κ2) is 8.19. The number of benzene rings is 2. The van der Waals surface area contributed by atoms with E-state index < -0.39 is 11.7 Å². The van der Waals surface area contributed by atoms with Crippen LogP contribution in [0.4, 0.5) is 24.7 Å². The molecule has 0 aliphatic heterocycles. The summed E-state index contributed by atoms with van der Waals surface area (Å²) in [6, 6.07) is 12.8. The SMILES string of the molecule is CCOc1ccc(-c2c(C)sc3nc(C)nc(Nc4cccc(C(F)(F)F)c4)c23)cc1. The highest BCUT2D eigenvalue weighted by atomic mass is 32.1. The molecule has 160 valence electrons. The predicted molar refractivity (Wildman–Crippen MR) is 118 cm³/mol. The highest BCUT2D eigenvalue weighted by Crippen LogP contribution is 2.42. The lowest BCUT2D eigenvalue weighted by Gasteiger charge is -2.12. The van der Waals surface area contributed by atoms with Gasteiger partial charge in [0.2, 0.25) is 0 Å². The van der Waals surface area contributed by atoms with Crippen LogP contribution in [0.3, 0.4) is 0 Å². The number of nitrogens with one attached hydrogen (secondary N) is 1. The fraction of sp³-hybridized carbons (Fsp3) is 0.217. The van der Waals surface area contributed by atoms with Crippen LogP contribution in [0.2, 0.25) is 0 Å². The lowest BCUT2D eigenvalue weighted by molar-refractivity contribution is -0.137. The van der Waals surface area contributed by atoms with Gasteiger partial charge in [0, 0.05) is 16.1 Å². The number of nitrogens with zero attached hydrogens (tertiary/aromatic N) is 2. The van der Waals surface area contributed by atoms with Gasteiger partial charge in [-0.3, -0.25) is 0 Å². The van der Waals surface area contributed by atoms with Crippen molar-refractivity contribution in [1.82, 2.24) is 9.97 Å². The second-order valence-electron chi connectivity index (χ2n) is 6.99. The molecule has 0 aliphatic carbocycles. The Bertz CT molecular complexity index is 1230. The Morgan fingerprint density at radius 3 is 2.45 bits per heavy atom. The van der Waals surface area contributed by atoms with E-state index in [1.165, 1.54) is 17.4 Å². The summed E-state index contributed by atoms with van der Waals surface area (Å²) in [5.74, 6) is 1.80. The predicted octanol–water partition coefficient (Wildman–Crippen LogP) is 7.14. The van der Waals surface area contributed by atoms with Crippen LogP contribution in [0.15, 0.2) is 48.5 Å². The van der Waals surface area contributed by atoms with Crippen molar-refractivity contribution in [1.29, 1.82) is 0 Å². The topological polar surface area (TPSA) is 47.0 Å².